The average molecular weight is 323 g/mol. The van der Waals surface area contributed by atoms with E-state index in [1.54, 1.807) is 0 Å². The van der Waals surface area contributed by atoms with Crippen molar-refractivity contribution >= 4 is 10.1 Å². The summed E-state index contributed by atoms with van der Waals surface area (Å²) in [6.07, 6.45) is 1.49. The molecule has 0 aliphatic carbocycles. The lowest BCUT2D eigenvalue weighted by Gasteiger charge is -2.18. The van der Waals surface area contributed by atoms with E-state index in [1.165, 1.54) is 0 Å². The molecule has 2 heterocycles. The third-order valence-electron chi connectivity index (χ3n) is 3.09. The zero-order valence-corrected chi connectivity index (χ0v) is 12.9. The third-order valence-corrected chi connectivity index (χ3v) is 3.09. The van der Waals surface area contributed by atoms with Crippen molar-refractivity contribution in [2.75, 3.05) is 12.8 Å². The van der Waals surface area contributed by atoms with E-state index in [0.717, 1.165) is 41.9 Å². The number of hydrogen-bond donors (Lipinski definition) is 3. The number of nitrogens with one attached hydrogen (secondary N) is 2. The van der Waals surface area contributed by atoms with Crippen LogP contribution in [0, 0.1) is 0 Å². The van der Waals surface area contributed by atoms with Crippen molar-refractivity contribution in [1.29, 1.82) is 0 Å². The number of nitrogens with zero attached hydrogens (tertiary/aromatic N) is 1. The molecule has 7 nitrogen and oxygen atoms in total. The van der Waals surface area contributed by atoms with Gasteiger partial charge >= 0.3 is 0 Å². The standard InChI is InChI=1S/C13H13N3O.CH4O3S/c17-13-10-6-7-14-8-11(10)12(15-16-13)9-4-2-1-3-5-9;1-5(2,3)4/h1-5,14H,6-8H2,(H,16,17);1H3,(H,2,3,4). The molecule has 0 saturated heterocycles. The zero-order chi connectivity index (χ0) is 16.2. The summed E-state index contributed by atoms with van der Waals surface area (Å²) in [6.45, 7) is 1.57. The van der Waals surface area contributed by atoms with Crippen LogP contribution in [0.1, 0.15) is 11.1 Å². The molecule has 0 saturated carbocycles. The van der Waals surface area contributed by atoms with Gasteiger partial charge in [0, 0.05) is 23.2 Å². The highest BCUT2D eigenvalue weighted by molar-refractivity contribution is 7.85. The van der Waals surface area contributed by atoms with Crippen molar-refractivity contribution in [2.45, 2.75) is 13.0 Å². The largest absolute Gasteiger partial charge is 0.312 e. The van der Waals surface area contributed by atoms with Crippen molar-refractivity contribution in [3.63, 3.8) is 0 Å². The maximum absolute atomic E-state index is 11.7. The van der Waals surface area contributed by atoms with Crippen LogP contribution in [0.25, 0.3) is 11.3 Å². The van der Waals surface area contributed by atoms with Gasteiger partial charge in [-0.25, -0.2) is 5.10 Å². The topological polar surface area (TPSA) is 112 Å². The van der Waals surface area contributed by atoms with E-state index in [2.05, 4.69) is 15.5 Å². The molecule has 3 rings (SSSR count). The fourth-order valence-corrected chi connectivity index (χ4v) is 2.24. The fraction of sp³-hybridized carbons (Fsp3) is 0.286. The molecule has 0 atom stereocenters. The molecule has 2 aromatic rings. The van der Waals surface area contributed by atoms with Crippen molar-refractivity contribution < 1.29 is 13.0 Å². The third kappa shape index (κ3) is 4.48. The molecule has 0 unspecified atom stereocenters. The number of fused-ring (bicyclic) bond motifs is 1. The molecule has 8 heteroatoms. The number of aromatic amines is 1. The van der Waals surface area contributed by atoms with Crippen LogP contribution < -0.4 is 10.9 Å². The molecule has 1 aromatic carbocycles. The molecule has 0 amide bonds. The lowest BCUT2D eigenvalue weighted by atomic mass is 9.98. The van der Waals surface area contributed by atoms with Gasteiger partial charge in [0.05, 0.1) is 11.9 Å². The average Bonchev–Trinajstić information content (AvgIpc) is 2.47. The minimum Gasteiger partial charge on any atom is -0.312 e. The first-order valence-electron chi connectivity index (χ1n) is 6.65. The smallest absolute Gasteiger partial charge is 0.267 e. The van der Waals surface area contributed by atoms with E-state index in [1.807, 2.05) is 30.3 Å². The van der Waals surface area contributed by atoms with Gasteiger partial charge in [0.2, 0.25) is 0 Å². The van der Waals surface area contributed by atoms with Gasteiger partial charge in [0.25, 0.3) is 15.7 Å². The van der Waals surface area contributed by atoms with Crippen molar-refractivity contribution in [3.05, 3.63) is 51.8 Å². The van der Waals surface area contributed by atoms with E-state index in [4.69, 9.17) is 4.55 Å². The number of H-pyrrole nitrogens is 1. The van der Waals surface area contributed by atoms with Gasteiger partial charge in [-0.1, -0.05) is 30.3 Å². The summed E-state index contributed by atoms with van der Waals surface area (Å²) in [4.78, 5) is 11.7. The monoisotopic (exact) mass is 323 g/mol. The second kappa shape index (κ2) is 6.82. The Labute approximate surface area is 128 Å². The van der Waals surface area contributed by atoms with Crippen molar-refractivity contribution in [3.8, 4) is 11.3 Å². The van der Waals surface area contributed by atoms with Crippen molar-refractivity contribution in [1.82, 2.24) is 15.5 Å². The molecule has 1 aliphatic rings. The summed E-state index contributed by atoms with van der Waals surface area (Å²) >= 11 is 0. The van der Waals surface area contributed by atoms with Gasteiger partial charge in [-0.05, 0) is 13.0 Å². The van der Waals surface area contributed by atoms with Crippen LogP contribution in [0.4, 0.5) is 0 Å². The molecular formula is C14H17N3O4S. The summed E-state index contributed by atoms with van der Waals surface area (Å²) in [7, 11) is -3.67. The van der Waals surface area contributed by atoms with Crippen LogP contribution in [0.15, 0.2) is 35.1 Å². The summed E-state index contributed by atoms with van der Waals surface area (Å²) in [6, 6.07) is 9.94. The number of benzene rings is 1. The van der Waals surface area contributed by atoms with Crippen molar-refractivity contribution in [2.24, 2.45) is 0 Å². The minimum absolute atomic E-state index is 0.0545. The van der Waals surface area contributed by atoms with E-state index in [-0.39, 0.29) is 5.56 Å². The highest BCUT2D eigenvalue weighted by Gasteiger charge is 2.17. The van der Waals surface area contributed by atoms with E-state index in [9.17, 15) is 13.2 Å². The molecule has 1 aromatic heterocycles. The summed E-state index contributed by atoms with van der Waals surface area (Å²) in [5.41, 5.74) is 3.78. The van der Waals surface area contributed by atoms with E-state index in [0.29, 0.717) is 6.26 Å². The van der Waals surface area contributed by atoms with Gasteiger partial charge in [-0.2, -0.15) is 13.5 Å². The zero-order valence-electron chi connectivity index (χ0n) is 12.0. The van der Waals surface area contributed by atoms with Crippen LogP contribution in [-0.2, 0) is 23.1 Å². The second-order valence-corrected chi connectivity index (χ2v) is 6.35. The summed E-state index contributed by atoms with van der Waals surface area (Å²) in [5.74, 6) is 0. The maximum Gasteiger partial charge on any atom is 0.267 e. The molecule has 0 fully saturated rings. The molecule has 0 bridgehead atoms. The first-order valence-corrected chi connectivity index (χ1v) is 8.50. The van der Waals surface area contributed by atoms with Gasteiger partial charge < -0.3 is 5.32 Å². The van der Waals surface area contributed by atoms with Crippen LogP contribution in [0.2, 0.25) is 0 Å². The summed E-state index contributed by atoms with van der Waals surface area (Å²) in [5, 5.41) is 10.1. The van der Waals surface area contributed by atoms with Gasteiger partial charge in [-0.15, -0.1) is 0 Å². The fourth-order valence-electron chi connectivity index (χ4n) is 2.24. The number of rotatable bonds is 1. The number of aromatic nitrogens is 2. The van der Waals surface area contributed by atoms with Gasteiger partial charge in [-0.3, -0.25) is 9.35 Å². The molecule has 118 valence electrons. The Morgan fingerprint density at radius 3 is 2.45 bits per heavy atom. The Morgan fingerprint density at radius 2 is 1.82 bits per heavy atom. The highest BCUT2D eigenvalue weighted by Crippen LogP contribution is 2.23. The minimum atomic E-state index is -3.67. The lowest BCUT2D eigenvalue weighted by molar-refractivity contribution is 0.490. The van der Waals surface area contributed by atoms with Crippen LogP contribution in [0.3, 0.4) is 0 Å². The normalized spacial score (nSPS) is 13.7. The molecule has 3 N–H and O–H groups in total. The van der Waals surface area contributed by atoms with Crippen LogP contribution in [0.5, 0.6) is 0 Å². The van der Waals surface area contributed by atoms with Crippen LogP contribution in [-0.4, -0.2) is 36.0 Å². The quantitative estimate of drug-likeness (QED) is 0.662. The first-order chi connectivity index (χ1) is 10.4. The predicted molar refractivity (Wildman–Crippen MR) is 83.2 cm³/mol. The lowest BCUT2D eigenvalue weighted by Crippen LogP contribution is -2.31. The van der Waals surface area contributed by atoms with Gasteiger partial charge in [0.1, 0.15) is 0 Å². The molecule has 0 spiro atoms. The highest BCUT2D eigenvalue weighted by atomic mass is 32.2. The first kappa shape index (κ1) is 16.3. The second-order valence-electron chi connectivity index (χ2n) is 4.88. The van der Waals surface area contributed by atoms with E-state index < -0.39 is 10.1 Å². The number of hydrogen-bond acceptors (Lipinski definition) is 5. The Hall–Kier alpha value is -2.03. The van der Waals surface area contributed by atoms with E-state index >= 15 is 0 Å². The van der Waals surface area contributed by atoms with Crippen LogP contribution >= 0.6 is 0 Å². The van der Waals surface area contributed by atoms with Gasteiger partial charge in [0.15, 0.2) is 0 Å². The molecule has 1 aliphatic heterocycles. The SMILES string of the molecule is CS(=O)(=O)O.O=c1[nH]nc(-c2ccccc2)c2c1CCNC2. The Kier molecular flexibility index (Phi) is 5.07. The molecule has 22 heavy (non-hydrogen) atoms. The Balaban J connectivity index is 0.000000309. The predicted octanol–water partition coefficient (Wildman–Crippen LogP) is 0.587. The Morgan fingerprint density at radius 1 is 1.18 bits per heavy atom. The Bertz CT molecular complexity index is 793. The maximum atomic E-state index is 11.7. The summed E-state index contributed by atoms with van der Waals surface area (Å²) < 4.78 is 25.9. The molecule has 0 radical (unpaired) electrons. The molecular weight excluding hydrogens is 306 g/mol.